The smallest absolute Gasteiger partial charge is 0.295 e. The highest BCUT2D eigenvalue weighted by atomic mass is 32.2. The van der Waals surface area contributed by atoms with Gasteiger partial charge < -0.3 is 16.0 Å². The van der Waals surface area contributed by atoms with Crippen LogP contribution >= 0.6 is 11.8 Å². The van der Waals surface area contributed by atoms with Crippen LogP contribution in [0.4, 0.5) is 11.4 Å². The molecule has 0 saturated carbocycles. The minimum Gasteiger partial charge on any atom is -0.321 e. The number of thioether (sulfide) groups is 1. The van der Waals surface area contributed by atoms with E-state index < -0.39 is 17.1 Å². The molecule has 260 valence electrons. The summed E-state index contributed by atoms with van der Waals surface area (Å²) in [5, 5.41) is 7.86. The Labute approximate surface area is 306 Å². The van der Waals surface area contributed by atoms with Gasteiger partial charge in [0.2, 0.25) is 5.91 Å². The maximum Gasteiger partial charge on any atom is 0.295 e. The van der Waals surface area contributed by atoms with Gasteiger partial charge in [-0.05, 0) is 73.5 Å². The Hall–Kier alpha value is -6.39. The molecule has 5 aromatic carbocycles. The topological polar surface area (TPSA) is 114 Å². The van der Waals surface area contributed by atoms with E-state index in [-0.39, 0.29) is 22.9 Å². The summed E-state index contributed by atoms with van der Waals surface area (Å²) < 4.78 is 3.24. The Balaban J connectivity index is 1.25. The van der Waals surface area contributed by atoms with E-state index in [4.69, 9.17) is 0 Å². The number of aromatic nitrogens is 2. The Kier molecular flexibility index (Phi) is 11.0. The van der Waals surface area contributed by atoms with Crippen molar-refractivity contribution in [3.8, 4) is 5.69 Å². The Morgan fingerprint density at radius 3 is 2.04 bits per heavy atom. The van der Waals surface area contributed by atoms with Gasteiger partial charge in [-0.15, -0.1) is 11.8 Å². The predicted molar refractivity (Wildman–Crippen MR) is 208 cm³/mol. The Bertz CT molecular complexity index is 2300. The number of aryl methyl sites for hydroxylation is 1. The summed E-state index contributed by atoms with van der Waals surface area (Å²) in [6, 6.07) is 42.0. The molecular weight excluding hydrogens is 671 g/mol. The number of carbonyl (C=O) groups is 3. The average molecular weight is 708 g/mol. The molecule has 0 spiro atoms. The highest BCUT2D eigenvalue weighted by Gasteiger charge is 2.26. The van der Waals surface area contributed by atoms with Crippen molar-refractivity contribution >= 4 is 46.9 Å². The minimum absolute atomic E-state index is 0.0664. The first-order valence-electron chi connectivity index (χ1n) is 16.6. The van der Waals surface area contributed by atoms with Gasteiger partial charge in [-0.2, -0.15) is 0 Å². The van der Waals surface area contributed by atoms with Crippen molar-refractivity contribution < 1.29 is 14.4 Å². The van der Waals surface area contributed by atoms with Gasteiger partial charge in [0.15, 0.2) is 0 Å². The summed E-state index contributed by atoms with van der Waals surface area (Å²) in [7, 11) is 1.77. The number of hydrogen-bond donors (Lipinski definition) is 3. The van der Waals surface area contributed by atoms with Crippen molar-refractivity contribution in [3.63, 3.8) is 0 Å². The first kappa shape index (κ1) is 35.4. The molecule has 0 fully saturated rings. The summed E-state index contributed by atoms with van der Waals surface area (Å²) >= 11 is 1.29. The molecule has 10 heteroatoms. The maximum atomic E-state index is 14.0. The van der Waals surface area contributed by atoms with Crippen LogP contribution in [-0.2, 0) is 16.6 Å². The third kappa shape index (κ3) is 8.31. The number of hydrogen-bond acceptors (Lipinski definition) is 5. The number of para-hydroxylation sites is 1. The van der Waals surface area contributed by atoms with Crippen molar-refractivity contribution in [2.45, 2.75) is 24.0 Å². The number of amides is 3. The summed E-state index contributed by atoms with van der Waals surface area (Å²) in [5.41, 5.74) is 4.65. The van der Waals surface area contributed by atoms with Gasteiger partial charge in [-0.25, -0.2) is 4.68 Å². The normalized spacial score (nSPS) is 11.8. The standard InChI is InChI=1S/C42H37N5O4S/c1-28-22-24-30(25-23-28)26-36(44-39(48)32-16-9-5-10-17-32)40(49)43-33-18-13-21-35(27-33)52-38(31-14-7-4-8-15-31)41(50)45-37-29(2)46(3)47(42(37)51)34-19-11-6-12-20-34/h4-27,38H,1-3H3,(H,43,49)(H,44,48)(H,45,50)/b36-26+. The Morgan fingerprint density at radius 1 is 0.731 bits per heavy atom. The zero-order valence-electron chi connectivity index (χ0n) is 28.9. The van der Waals surface area contributed by atoms with E-state index in [0.717, 1.165) is 16.7 Å². The van der Waals surface area contributed by atoms with Crippen LogP contribution in [0.5, 0.6) is 0 Å². The molecule has 1 aromatic heterocycles. The second kappa shape index (κ2) is 16.1. The summed E-state index contributed by atoms with van der Waals surface area (Å²) in [6.45, 7) is 3.76. The van der Waals surface area contributed by atoms with E-state index in [9.17, 15) is 19.2 Å². The quantitative estimate of drug-likeness (QED) is 0.0945. The predicted octanol–water partition coefficient (Wildman–Crippen LogP) is 7.67. The van der Waals surface area contributed by atoms with Crippen LogP contribution in [0.15, 0.2) is 155 Å². The molecule has 6 rings (SSSR count). The van der Waals surface area contributed by atoms with Crippen LogP contribution in [0.3, 0.4) is 0 Å². The SMILES string of the molecule is Cc1ccc(/C=C(/NC(=O)c2ccccc2)C(=O)Nc2cccc(SC(C(=O)Nc3c(C)n(C)n(-c4ccccc4)c3=O)c3ccccc3)c2)cc1. The lowest BCUT2D eigenvalue weighted by molar-refractivity contribution is -0.116. The van der Waals surface area contributed by atoms with Crippen LogP contribution in [0.25, 0.3) is 11.8 Å². The number of nitrogens with zero attached hydrogens (tertiary/aromatic N) is 2. The van der Waals surface area contributed by atoms with E-state index >= 15 is 0 Å². The van der Waals surface area contributed by atoms with Crippen LogP contribution < -0.4 is 21.5 Å². The molecule has 6 aromatic rings. The Morgan fingerprint density at radius 2 is 1.37 bits per heavy atom. The fourth-order valence-electron chi connectivity index (χ4n) is 5.56. The van der Waals surface area contributed by atoms with Crippen LogP contribution in [0.1, 0.15) is 38.0 Å². The van der Waals surface area contributed by atoms with Gasteiger partial charge in [-0.3, -0.25) is 23.9 Å². The van der Waals surface area contributed by atoms with E-state index in [1.807, 2.05) is 104 Å². The van der Waals surface area contributed by atoms with Gasteiger partial charge >= 0.3 is 0 Å². The van der Waals surface area contributed by atoms with Crippen molar-refractivity contribution in [2.24, 2.45) is 7.05 Å². The average Bonchev–Trinajstić information content (AvgIpc) is 3.37. The van der Waals surface area contributed by atoms with Crippen LogP contribution in [0, 0.1) is 13.8 Å². The number of rotatable bonds is 11. The summed E-state index contributed by atoms with van der Waals surface area (Å²) in [5.74, 6) is -1.30. The van der Waals surface area contributed by atoms with Crippen molar-refractivity contribution in [2.75, 3.05) is 10.6 Å². The van der Waals surface area contributed by atoms with Crippen molar-refractivity contribution in [1.29, 1.82) is 0 Å². The first-order valence-corrected chi connectivity index (χ1v) is 17.5. The lowest BCUT2D eigenvalue weighted by atomic mass is 10.1. The molecular formula is C42H37N5O4S. The molecule has 0 aliphatic heterocycles. The van der Waals surface area contributed by atoms with E-state index in [2.05, 4.69) is 16.0 Å². The molecule has 52 heavy (non-hydrogen) atoms. The van der Waals surface area contributed by atoms with E-state index in [1.54, 1.807) is 67.2 Å². The van der Waals surface area contributed by atoms with Crippen molar-refractivity contribution in [3.05, 3.63) is 184 Å². The number of nitrogens with one attached hydrogen (secondary N) is 3. The van der Waals surface area contributed by atoms with Gasteiger partial charge in [-0.1, -0.05) is 103 Å². The monoisotopic (exact) mass is 707 g/mol. The fraction of sp³-hybridized carbons (Fsp3) is 0.0952. The zero-order chi connectivity index (χ0) is 36.6. The minimum atomic E-state index is -0.738. The lowest BCUT2D eigenvalue weighted by Crippen LogP contribution is -2.30. The molecule has 1 unspecified atom stereocenters. The molecule has 0 aliphatic rings. The van der Waals surface area contributed by atoms with E-state index in [0.29, 0.717) is 27.5 Å². The van der Waals surface area contributed by atoms with E-state index in [1.165, 1.54) is 16.4 Å². The first-order chi connectivity index (χ1) is 25.2. The van der Waals surface area contributed by atoms with Crippen LogP contribution in [0.2, 0.25) is 0 Å². The van der Waals surface area contributed by atoms with Gasteiger partial charge in [0.25, 0.3) is 17.4 Å². The number of anilines is 2. The van der Waals surface area contributed by atoms with Gasteiger partial charge in [0.1, 0.15) is 16.6 Å². The second-order valence-corrected chi connectivity index (χ2v) is 13.3. The molecule has 0 saturated heterocycles. The molecule has 0 radical (unpaired) electrons. The molecule has 0 aliphatic carbocycles. The largest absolute Gasteiger partial charge is 0.321 e. The third-order valence-corrected chi connectivity index (χ3v) is 9.65. The molecule has 3 amide bonds. The highest BCUT2D eigenvalue weighted by molar-refractivity contribution is 8.00. The van der Waals surface area contributed by atoms with Crippen LogP contribution in [-0.4, -0.2) is 27.1 Å². The second-order valence-electron chi connectivity index (χ2n) is 12.1. The number of carbonyl (C=O) groups excluding carboxylic acids is 3. The third-order valence-electron chi connectivity index (χ3n) is 8.41. The lowest BCUT2D eigenvalue weighted by Gasteiger charge is -2.17. The molecule has 0 bridgehead atoms. The van der Waals surface area contributed by atoms with Gasteiger partial charge in [0, 0.05) is 23.2 Å². The fourth-order valence-corrected chi connectivity index (χ4v) is 6.64. The molecule has 9 nitrogen and oxygen atoms in total. The number of benzene rings is 5. The molecule has 3 N–H and O–H groups in total. The summed E-state index contributed by atoms with van der Waals surface area (Å²) in [6.07, 6.45) is 1.63. The highest BCUT2D eigenvalue weighted by Crippen LogP contribution is 2.37. The maximum absolute atomic E-state index is 14.0. The molecule has 1 atom stereocenters. The molecule has 1 heterocycles. The zero-order valence-corrected chi connectivity index (χ0v) is 29.7. The summed E-state index contributed by atoms with van der Waals surface area (Å²) in [4.78, 5) is 55.1. The van der Waals surface area contributed by atoms with Crippen molar-refractivity contribution in [1.82, 2.24) is 14.7 Å². The van der Waals surface area contributed by atoms with Gasteiger partial charge in [0.05, 0.1) is 11.4 Å².